The largest absolute Gasteiger partial charge is 0.461 e. The third-order valence-electron chi connectivity index (χ3n) is 6.17. The van der Waals surface area contributed by atoms with Gasteiger partial charge in [0.05, 0.1) is 12.0 Å². The van der Waals surface area contributed by atoms with Crippen LogP contribution in [0.5, 0.6) is 0 Å². The second kappa shape index (κ2) is 10.1. The lowest BCUT2D eigenvalue weighted by Crippen LogP contribution is -2.39. The zero-order valence-corrected chi connectivity index (χ0v) is 20.2. The summed E-state index contributed by atoms with van der Waals surface area (Å²) in [4.78, 5) is 73.3. The predicted octanol–water partition coefficient (Wildman–Crippen LogP) is 0.918. The number of esters is 4. The minimum Gasteiger partial charge on any atom is -0.461 e. The van der Waals surface area contributed by atoms with Gasteiger partial charge >= 0.3 is 23.9 Å². The van der Waals surface area contributed by atoms with Crippen LogP contribution in [0.4, 0.5) is 0 Å². The Morgan fingerprint density at radius 1 is 1.09 bits per heavy atom. The lowest BCUT2D eigenvalue weighted by Gasteiger charge is -2.26. The van der Waals surface area contributed by atoms with Gasteiger partial charge in [0.1, 0.15) is 31.2 Å². The Kier molecular flexibility index (Phi) is 7.59. The molecule has 0 amide bonds. The number of carbonyl (C=O) groups excluding carboxylic acids is 6. The van der Waals surface area contributed by atoms with E-state index in [0.717, 1.165) is 6.08 Å². The highest BCUT2D eigenvalue weighted by Crippen LogP contribution is 2.48. The highest BCUT2D eigenvalue weighted by Gasteiger charge is 2.66. The molecule has 2 heterocycles. The summed E-state index contributed by atoms with van der Waals surface area (Å²) in [5.41, 5.74) is -0.773. The molecule has 0 aromatic rings. The highest BCUT2D eigenvalue weighted by atomic mass is 16.7. The van der Waals surface area contributed by atoms with Gasteiger partial charge in [-0.15, -0.1) is 0 Å². The first-order valence-electron chi connectivity index (χ1n) is 11.2. The molecule has 0 bridgehead atoms. The van der Waals surface area contributed by atoms with Crippen LogP contribution >= 0.6 is 0 Å². The van der Waals surface area contributed by atoms with Crippen LogP contribution < -0.4 is 0 Å². The molecule has 0 aromatic carbocycles. The molecule has 2 fully saturated rings. The minimum atomic E-state index is -1.34. The molecule has 1 saturated heterocycles. The average molecular weight is 492 g/mol. The first kappa shape index (κ1) is 26.3. The van der Waals surface area contributed by atoms with Gasteiger partial charge in [0.15, 0.2) is 17.5 Å². The number of hydrogen-bond acceptors (Lipinski definition) is 11. The lowest BCUT2D eigenvalue weighted by molar-refractivity contribution is -0.145. The van der Waals surface area contributed by atoms with Crippen molar-refractivity contribution in [1.82, 2.24) is 0 Å². The van der Waals surface area contributed by atoms with E-state index < -0.39 is 66.1 Å². The summed E-state index contributed by atoms with van der Waals surface area (Å²) in [7, 11) is 0. The predicted molar refractivity (Wildman–Crippen MR) is 115 cm³/mol. The van der Waals surface area contributed by atoms with Crippen LogP contribution in [-0.4, -0.2) is 72.6 Å². The fraction of sp³-hybridized carbons (Fsp3) is 0.583. The van der Waals surface area contributed by atoms with Crippen molar-refractivity contribution in [3.05, 3.63) is 22.8 Å². The van der Waals surface area contributed by atoms with E-state index in [9.17, 15) is 28.8 Å². The molecule has 0 unspecified atom stereocenters. The first-order valence-corrected chi connectivity index (χ1v) is 11.2. The Labute approximate surface area is 201 Å². The maximum Gasteiger partial charge on any atom is 0.338 e. The molecule has 11 nitrogen and oxygen atoms in total. The summed E-state index contributed by atoms with van der Waals surface area (Å²) < 4.78 is 26.7. The molecule has 0 radical (unpaired) electrons. The summed E-state index contributed by atoms with van der Waals surface area (Å²) >= 11 is 0. The first-order chi connectivity index (χ1) is 16.3. The van der Waals surface area contributed by atoms with Gasteiger partial charge in [-0.1, -0.05) is 6.92 Å². The Hall–Kier alpha value is -3.34. The van der Waals surface area contributed by atoms with Crippen LogP contribution in [0.25, 0.3) is 0 Å². The van der Waals surface area contributed by atoms with Gasteiger partial charge in [-0.3, -0.25) is 19.2 Å². The summed E-state index contributed by atoms with van der Waals surface area (Å²) in [6, 6.07) is 0. The van der Waals surface area contributed by atoms with E-state index in [0.29, 0.717) is 5.57 Å². The third-order valence-corrected chi connectivity index (χ3v) is 6.17. The maximum absolute atomic E-state index is 12.7. The van der Waals surface area contributed by atoms with E-state index in [1.807, 2.05) is 0 Å². The van der Waals surface area contributed by atoms with Crippen LogP contribution in [-0.2, 0) is 52.5 Å². The number of ether oxygens (including phenoxy) is 5. The van der Waals surface area contributed by atoms with Crippen LogP contribution in [0.2, 0.25) is 0 Å². The number of fused-ring (bicyclic) bond motifs is 3. The number of Topliss-reactive ketones (excluding diaryl/α,β-unsaturated/α-hetero) is 2. The number of carbonyl (C=O) groups is 6. The maximum atomic E-state index is 12.7. The molecular formula is C24H28O11. The molecule has 0 spiro atoms. The fourth-order valence-corrected chi connectivity index (χ4v) is 4.09. The monoisotopic (exact) mass is 492 g/mol. The van der Waals surface area contributed by atoms with Gasteiger partial charge in [-0.05, 0) is 25.8 Å². The number of hydrogen-bond donors (Lipinski definition) is 0. The normalized spacial score (nSPS) is 30.7. The topological polar surface area (TPSA) is 152 Å². The van der Waals surface area contributed by atoms with E-state index in [2.05, 4.69) is 0 Å². The summed E-state index contributed by atoms with van der Waals surface area (Å²) in [6.45, 7) is 6.51. The Morgan fingerprint density at radius 2 is 1.74 bits per heavy atom. The van der Waals surface area contributed by atoms with E-state index in [-0.39, 0.29) is 36.4 Å². The zero-order chi connectivity index (χ0) is 26.1. The number of ketones is 2. The second-order valence-corrected chi connectivity index (χ2v) is 9.09. The third kappa shape index (κ3) is 5.84. The fourth-order valence-electron chi connectivity index (χ4n) is 4.09. The van der Waals surface area contributed by atoms with Gasteiger partial charge in [0.25, 0.3) is 0 Å². The van der Waals surface area contributed by atoms with Gasteiger partial charge in [-0.2, -0.15) is 0 Å². The van der Waals surface area contributed by atoms with Gasteiger partial charge in [0, 0.05) is 31.4 Å². The molecular weight excluding hydrogens is 464 g/mol. The van der Waals surface area contributed by atoms with Crippen molar-refractivity contribution in [2.24, 2.45) is 5.92 Å². The van der Waals surface area contributed by atoms with Crippen molar-refractivity contribution >= 4 is 35.4 Å². The van der Waals surface area contributed by atoms with E-state index >= 15 is 0 Å². The smallest absolute Gasteiger partial charge is 0.338 e. The van der Waals surface area contributed by atoms with Crippen molar-refractivity contribution < 1.29 is 52.5 Å². The molecule has 0 aromatic heterocycles. The molecule has 3 rings (SSSR count). The number of rotatable bonds is 6. The second-order valence-electron chi connectivity index (χ2n) is 9.09. The lowest BCUT2D eigenvalue weighted by atomic mass is 9.82. The summed E-state index contributed by atoms with van der Waals surface area (Å²) in [5, 5.41) is 0. The van der Waals surface area contributed by atoms with Crippen molar-refractivity contribution in [2.75, 3.05) is 13.2 Å². The molecule has 2 aliphatic heterocycles. The van der Waals surface area contributed by atoms with Crippen molar-refractivity contribution in [3.63, 3.8) is 0 Å². The van der Waals surface area contributed by atoms with Crippen molar-refractivity contribution in [1.29, 1.82) is 0 Å². The summed E-state index contributed by atoms with van der Waals surface area (Å²) in [6.07, 6.45) is -2.32. The molecule has 3 aliphatic rings. The van der Waals surface area contributed by atoms with Crippen LogP contribution in [0.15, 0.2) is 22.8 Å². The zero-order valence-electron chi connectivity index (χ0n) is 20.2. The Morgan fingerprint density at radius 3 is 2.37 bits per heavy atom. The highest BCUT2D eigenvalue weighted by molar-refractivity contribution is 6.05. The van der Waals surface area contributed by atoms with E-state index in [1.165, 1.54) is 20.8 Å². The van der Waals surface area contributed by atoms with Gasteiger partial charge < -0.3 is 23.7 Å². The van der Waals surface area contributed by atoms with E-state index in [1.54, 1.807) is 13.8 Å². The molecule has 11 heteroatoms. The van der Waals surface area contributed by atoms with Crippen molar-refractivity contribution in [2.45, 2.75) is 71.4 Å². The number of epoxide rings is 1. The van der Waals surface area contributed by atoms with Gasteiger partial charge in [-0.25, -0.2) is 9.59 Å². The van der Waals surface area contributed by atoms with Crippen LogP contribution in [0.3, 0.4) is 0 Å². The molecule has 0 N–H and O–H groups in total. The molecule has 190 valence electrons. The minimum absolute atomic E-state index is 0.0332. The van der Waals surface area contributed by atoms with Crippen LogP contribution in [0, 0.1) is 5.92 Å². The molecule has 1 aliphatic carbocycles. The summed E-state index contributed by atoms with van der Waals surface area (Å²) in [5.74, 6) is -4.25. The molecule has 35 heavy (non-hydrogen) atoms. The Balaban J connectivity index is 1.99. The van der Waals surface area contributed by atoms with Crippen LogP contribution in [0.1, 0.15) is 47.5 Å². The van der Waals surface area contributed by atoms with Gasteiger partial charge in [0.2, 0.25) is 0 Å². The Bertz CT molecular complexity index is 1040. The quantitative estimate of drug-likeness (QED) is 0.171. The standard InChI is InChI=1S/C24H28O11/c1-11(9-31-13(3)25)6-19(29)33-17-7-12(2)16(27)8-18(28)24(5)22(35-24)21-20(17)15(23(30)34-21)10-32-14(4)26/h6,12,17,21-22H,7-10H2,1-5H3/b11-6-/t12-,17-,21-,22+,24+/m0/s1. The average Bonchev–Trinajstić information content (AvgIpc) is 3.34. The molecule has 1 saturated carbocycles. The SMILES string of the molecule is CC(=O)OCC1=C2[C@@H](OC(=O)/C=C(/C)COC(C)=O)C[C@H](C)C(=O)CC(=O)[C@@]3(C)O[C@@H]3[C@H]2OC1=O. The van der Waals surface area contributed by atoms with Crippen molar-refractivity contribution in [3.8, 4) is 0 Å². The molecule has 5 atom stereocenters. The van der Waals surface area contributed by atoms with E-state index in [4.69, 9.17) is 23.7 Å².